The van der Waals surface area contributed by atoms with Crippen molar-refractivity contribution in [2.24, 2.45) is 0 Å². The van der Waals surface area contributed by atoms with Crippen LogP contribution < -0.4 is 25.8 Å². The topological polar surface area (TPSA) is 169 Å². The molecule has 5 aromatic rings. The number of phenolic OH excluding ortho intramolecular Hbond substituents is 2. The van der Waals surface area contributed by atoms with Crippen molar-refractivity contribution in [3.63, 3.8) is 0 Å². The van der Waals surface area contributed by atoms with Crippen molar-refractivity contribution in [1.82, 2.24) is 46.1 Å². The Kier molecular flexibility index (Phi) is 12.9. The summed E-state index contributed by atoms with van der Waals surface area (Å²) in [6.45, 7) is 21.9. The number of benzene rings is 2. The zero-order chi connectivity index (χ0) is 44.3. The molecule has 14 heteroatoms. The average Bonchev–Trinajstić information content (AvgIpc) is 3.73. The van der Waals surface area contributed by atoms with E-state index in [2.05, 4.69) is 127 Å². The minimum Gasteiger partial charge on any atom is -0.507 e. The molecule has 324 valence electrons. The zero-order valence-corrected chi connectivity index (χ0v) is 37.4. The third-order valence-electron chi connectivity index (χ3n) is 11.4. The van der Waals surface area contributed by atoms with Gasteiger partial charge in [-0.3, -0.25) is 4.79 Å². The van der Waals surface area contributed by atoms with Crippen LogP contribution in [0.4, 0.5) is 11.6 Å². The number of carbonyl (C=O) groups is 1. The van der Waals surface area contributed by atoms with E-state index in [0.717, 1.165) is 43.0 Å². The molecule has 2 aliphatic rings. The summed E-state index contributed by atoms with van der Waals surface area (Å²) in [5, 5.41) is 52.9. The van der Waals surface area contributed by atoms with Crippen molar-refractivity contribution in [1.29, 1.82) is 0 Å². The van der Waals surface area contributed by atoms with Crippen molar-refractivity contribution in [3.8, 4) is 39.7 Å². The van der Waals surface area contributed by atoms with E-state index in [4.69, 9.17) is 0 Å². The van der Waals surface area contributed by atoms with Crippen LogP contribution in [0.3, 0.4) is 0 Å². The second-order valence-corrected chi connectivity index (χ2v) is 19.1. The molecule has 2 aliphatic heterocycles. The number of aromatic hydroxyl groups is 2. The molecule has 0 radical (unpaired) electrons. The van der Waals surface area contributed by atoms with Gasteiger partial charge in [0.1, 0.15) is 11.5 Å². The Hall–Kier alpha value is -5.86. The lowest BCUT2D eigenvalue weighted by molar-refractivity contribution is 0.0957. The first-order chi connectivity index (χ1) is 28.6. The molecule has 61 heavy (non-hydrogen) atoms. The van der Waals surface area contributed by atoms with Crippen LogP contribution in [0.25, 0.3) is 28.2 Å². The second kappa shape index (κ2) is 17.6. The Morgan fingerprint density at radius 2 is 1.21 bits per heavy atom. The van der Waals surface area contributed by atoms with Gasteiger partial charge < -0.3 is 36.0 Å². The second-order valence-electron chi connectivity index (χ2n) is 19.1. The maximum Gasteiger partial charge on any atom is 0.251 e. The number of rotatable bonds is 10. The molecule has 3 aromatic heterocycles. The number of hydrogen-bond donors (Lipinski definition) is 5. The Morgan fingerprint density at radius 1 is 0.738 bits per heavy atom. The highest BCUT2D eigenvalue weighted by molar-refractivity contribution is 5.95. The first-order valence-corrected chi connectivity index (χ1v) is 20.9. The number of anilines is 2. The van der Waals surface area contributed by atoms with E-state index in [0.29, 0.717) is 46.7 Å². The van der Waals surface area contributed by atoms with E-state index in [-0.39, 0.29) is 39.6 Å². The third-order valence-corrected chi connectivity index (χ3v) is 11.4. The maximum absolute atomic E-state index is 12.1. The first-order valence-electron chi connectivity index (χ1n) is 20.9. The van der Waals surface area contributed by atoms with Crippen LogP contribution >= 0.6 is 0 Å². The van der Waals surface area contributed by atoms with Crippen LogP contribution in [0.1, 0.15) is 91.4 Å². The minimum atomic E-state index is -0.266. The van der Waals surface area contributed by atoms with E-state index >= 15 is 0 Å². The van der Waals surface area contributed by atoms with Gasteiger partial charge in [-0.2, -0.15) is 5.10 Å². The van der Waals surface area contributed by atoms with E-state index < -0.39 is 0 Å². The van der Waals surface area contributed by atoms with Crippen LogP contribution in [-0.4, -0.2) is 101 Å². The van der Waals surface area contributed by atoms with Gasteiger partial charge in [0.25, 0.3) is 5.91 Å². The number of nitrogens with zero attached hydrogens (tertiary/aromatic N) is 8. The van der Waals surface area contributed by atoms with Crippen molar-refractivity contribution < 1.29 is 15.0 Å². The van der Waals surface area contributed by atoms with Gasteiger partial charge in [-0.25, -0.2) is 4.68 Å². The Morgan fingerprint density at radius 3 is 1.61 bits per heavy atom. The number of piperidine rings is 2. The molecule has 5 N–H and O–H groups in total. The number of nitrogens with one attached hydrogen (secondary N) is 3. The summed E-state index contributed by atoms with van der Waals surface area (Å²) in [6.07, 6.45) is 9.22. The number of phenols is 2. The normalized spacial score (nSPS) is 18.0. The summed E-state index contributed by atoms with van der Waals surface area (Å²) in [6, 6.07) is 20.4. The predicted molar refractivity (Wildman–Crippen MR) is 243 cm³/mol. The van der Waals surface area contributed by atoms with Crippen LogP contribution in [0, 0.1) is 0 Å². The quantitative estimate of drug-likeness (QED) is 0.0893. The lowest BCUT2D eigenvalue weighted by atomic mass is 9.79. The Bertz CT molecular complexity index is 2260. The molecule has 0 unspecified atom stereocenters. The molecule has 2 aromatic carbocycles. The highest BCUT2D eigenvalue weighted by Gasteiger charge is 2.40. The van der Waals surface area contributed by atoms with Crippen molar-refractivity contribution in [2.75, 3.05) is 30.4 Å². The van der Waals surface area contributed by atoms with Crippen LogP contribution in [0.5, 0.6) is 11.5 Å². The van der Waals surface area contributed by atoms with Gasteiger partial charge in [-0.1, -0.05) is 6.08 Å². The summed E-state index contributed by atoms with van der Waals surface area (Å²) >= 11 is 0. The standard InChI is InChI=1S/C24H33N5O2.C23H30N6O/c1-7-12-25-22(31)16-8-9-18(20(30)13-16)19-10-11-21(27-26-19)29(6)17-14-23(2,3)28-24(4,5)15-17;1-22(2)14-17(15-23(3,4)27-22)28(5)21-10-9-19(25-26-21)18-8-7-16(13-20(18)30)29-12-6-11-24-29/h7-11,13,17,28,30H,1,12,14-15H2,2-6H3,(H,25,31);6-13,17,27,30H,14-15H2,1-5H3. The summed E-state index contributed by atoms with van der Waals surface area (Å²) in [4.78, 5) is 16.5. The fourth-order valence-electron chi connectivity index (χ4n) is 9.23. The number of carbonyl (C=O) groups excluding carboxylic acids is 1. The predicted octanol–water partition coefficient (Wildman–Crippen LogP) is 7.29. The highest BCUT2D eigenvalue weighted by Crippen LogP contribution is 2.36. The molecule has 1 amide bonds. The number of amides is 1. The fraction of sp³-hybridized carbons (Fsp3) is 0.447. The molecule has 14 nitrogen and oxygen atoms in total. The number of hydrogen-bond acceptors (Lipinski definition) is 12. The monoisotopic (exact) mass is 830 g/mol. The molecule has 2 fully saturated rings. The molecule has 0 saturated carbocycles. The lowest BCUT2D eigenvalue weighted by Crippen LogP contribution is -2.62. The van der Waals surface area contributed by atoms with Crippen molar-refractivity contribution in [3.05, 3.63) is 97.3 Å². The molecule has 2 saturated heterocycles. The van der Waals surface area contributed by atoms with Crippen molar-refractivity contribution >= 4 is 17.5 Å². The van der Waals surface area contributed by atoms with Gasteiger partial charge in [0.15, 0.2) is 11.6 Å². The van der Waals surface area contributed by atoms with Gasteiger partial charge >= 0.3 is 0 Å². The molecule has 7 rings (SSSR count). The van der Waals surface area contributed by atoms with Gasteiger partial charge in [0.05, 0.1) is 17.1 Å². The first kappa shape index (κ1) is 44.7. The van der Waals surface area contributed by atoms with Gasteiger partial charge in [-0.05, 0) is 142 Å². The molecular weight excluding hydrogens is 767 g/mol. The van der Waals surface area contributed by atoms with Crippen molar-refractivity contribution in [2.45, 2.75) is 115 Å². The molecular formula is C47H63N11O3. The fourth-order valence-corrected chi connectivity index (χ4v) is 9.23. The number of aromatic nitrogens is 6. The van der Waals surface area contributed by atoms with Gasteiger partial charge in [0.2, 0.25) is 0 Å². The zero-order valence-electron chi connectivity index (χ0n) is 37.4. The molecule has 0 spiro atoms. The van der Waals surface area contributed by atoms with E-state index in [1.807, 2.05) is 48.7 Å². The summed E-state index contributed by atoms with van der Waals surface area (Å²) in [5.41, 5.74) is 3.76. The van der Waals surface area contributed by atoms with Gasteiger partial charge in [0, 0.05) is 90.0 Å². The third kappa shape index (κ3) is 11.1. The summed E-state index contributed by atoms with van der Waals surface area (Å²) in [5.74, 6) is 1.51. The molecule has 0 bridgehead atoms. The van der Waals surface area contributed by atoms with Crippen LogP contribution in [0.15, 0.2) is 91.8 Å². The highest BCUT2D eigenvalue weighted by atomic mass is 16.3. The lowest BCUT2D eigenvalue weighted by Gasteiger charge is -2.49. The van der Waals surface area contributed by atoms with E-state index in [1.54, 1.807) is 35.2 Å². The van der Waals surface area contributed by atoms with E-state index in [9.17, 15) is 15.0 Å². The van der Waals surface area contributed by atoms with Crippen LogP contribution in [0.2, 0.25) is 0 Å². The Balaban J connectivity index is 0.000000204. The smallest absolute Gasteiger partial charge is 0.251 e. The van der Waals surface area contributed by atoms with Gasteiger partial charge in [-0.15, -0.1) is 27.0 Å². The SMILES string of the molecule is C=CCNC(=O)c1ccc(-c2ccc(N(C)C3CC(C)(C)NC(C)(C)C3)nn2)c(O)c1.CN(c1ccc(-c2ccc(-n3cccn3)cc2O)nn1)C1CC(C)(C)NC(C)(C)C1. The Labute approximate surface area is 360 Å². The minimum absolute atomic E-state index is 0.0106. The molecule has 0 atom stereocenters. The molecule has 5 heterocycles. The summed E-state index contributed by atoms with van der Waals surface area (Å²) < 4.78 is 1.70. The largest absolute Gasteiger partial charge is 0.507 e. The van der Waals surface area contributed by atoms with E-state index in [1.165, 1.54) is 6.07 Å². The summed E-state index contributed by atoms with van der Waals surface area (Å²) in [7, 11) is 4.14. The average molecular weight is 830 g/mol. The maximum atomic E-state index is 12.1. The molecule has 0 aliphatic carbocycles. The van der Waals surface area contributed by atoms with Crippen LogP contribution in [-0.2, 0) is 0 Å².